The molecule has 36 heavy (non-hydrogen) atoms. The van der Waals surface area contributed by atoms with Crippen molar-refractivity contribution in [1.82, 2.24) is 10.2 Å². The second kappa shape index (κ2) is 13.4. The van der Waals surface area contributed by atoms with Gasteiger partial charge >= 0.3 is 0 Å². The van der Waals surface area contributed by atoms with E-state index >= 15 is 0 Å². The van der Waals surface area contributed by atoms with E-state index in [-0.39, 0.29) is 43.8 Å². The lowest BCUT2D eigenvalue weighted by Crippen LogP contribution is -2.50. The standard InChI is InChI=1S/C27H38FN3O4S/c1-6-21(4)29-27(33)25(7-2)30(19-22-11-8-10-20(3)18-22)26(32)12-9-17-31(36(5,34)35)24-15-13-23(28)14-16-24/h8,10-11,13-16,18,21,25H,6-7,9,12,17,19H2,1-5H3,(H,29,33)/t21-,25+/m0/s1. The molecule has 0 aromatic heterocycles. The van der Waals surface area contributed by atoms with E-state index in [9.17, 15) is 22.4 Å². The highest BCUT2D eigenvalue weighted by atomic mass is 32.2. The topological polar surface area (TPSA) is 86.8 Å². The lowest BCUT2D eigenvalue weighted by atomic mass is 10.1. The van der Waals surface area contributed by atoms with Crippen LogP contribution in [0.3, 0.4) is 0 Å². The summed E-state index contributed by atoms with van der Waals surface area (Å²) in [5.41, 5.74) is 2.31. The fraction of sp³-hybridized carbons (Fsp3) is 0.481. The molecule has 0 spiro atoms. The van der Waals surface area contributed by atoms with Crippen LogP contribution in [-0.4, -0.2) is 50.0 Å². The number of nitrogens with one attached hydrogen (secondary N) is 1. The number of benzene rings is 2. The van der Waals surface area contributed by atoms with Crippen molar-refractivity contribution in [3.63, 3.8) is 0 Å². The third kappa shape index (κ3) is 8.62. The second-order valence-corrected chi connectivity index (χ2v) is 11.1. The maximum atomic E-state index is 13.4. The molecule has 2 aromatic carbocycles. The summed E-state index contributed by atoms with van der Waals surface area (Å²) < 4.78 is 39.2. The zero-order valence-electron chi connectivity index (χ0n) is 21.8. The number of nitrogens with zero attached hydrogens (tertiary/aromatic N) is 2. The van der Waals surface area contributed by atoms with E-state index in [4.69, 9.17) is 0 Å². The first-order valence-corrected chi connectivity index (χ1v) is 14.2. The number of sulfonamides is 1. The fourth-order valence-electron chi connectivity index (χ4n) is 3.98. The van der Waals surface area contributed by atoms with E-state index < -0.39 is 21.9 Å². The molecule has 2 atom stereocenters. The maximum absolute atomic E-state index is 13.4. The number of hydrogen-bond acceptors (Lipinski definition) is 4. The molecule has 2 amide bonds. The average Bonchev–Trinajstić information content (AvgIpc) is 2.81. The zero-order valence-corrected chi connectivity index (χ0v) is 22.6. The summed E-state index contributed by atoms with van der Waals surface area (Å²) in [7, 11) is -3.63. The van der Waals surface area contributed by atoms with Crippen molar-refractivity contribution < 1.29 is 22.4 Å². The monoisotopic (exact) mass is 519 g/mol. The normalized spacial score (nSPS) is 13.1. The Kier molecular flexibility index (Phi) is 10.9. The molecule has 0 aliphatic heterocycles. The molecule has 0 bridgehead atoms. The summed E-state index contributed by atoms with van der Waals surface area (Å²) in [6.07, 6.45) is 2.61. The van der Waals surface area contributed by atoms with Gasteiger partial charge in [-0.3, -0.25) is 13.9 Å². The largest absolute Gasteiger partial charge is 0.352 e. The van der Waals surface area contributed by atoms with Gasteiger partial charge in [-0.1, -0.05) is 43.7 Å². The second-order valence-electron chi connectivity index (χ2n) is 9.17. The van der Waals surface area contributed by atoms with Gasteiger partial charge in [0.2, 0.25) is 21.8 Å². The first-order chi connectivity index (χ1) is 17.0. The third-order valence-corrected chi connectivity index (χ3v) is 7.28. The van der Waals surface area contributed by atoms with Crippen molar-refractivity contribution in [2.45, 2.75) is 72.0 Å². The lowest BCUT2D eigenvalue weighted by molar-refractivity contribution is -0.141. The van der Waals surface area contributed by atoms with Gasteiger partial charge in [-0.25, -0.2) is 12.8 Å². The minimum absolute atomic E-state index is 0.0125. The van der Waals surface area contributed by atoms with Gasteiger partial charge in [-0.2, -0.15) is 0 Å². The Morgan fingerprint density at radius 3 is 2.28 bits per heavy atom. The van der Waals surface area contributed by atoms with Crippen LogP contribution in [0.25, 0.3) is 0 Å². The van der Waals surface area contributed by atoms with Crippen LogP contribution in [0.4, 0.5) is 10.1 Å². The predicted octanol–water partition coefficient (Wildman–Crippen LogP) is 4.40. The summed E-state index contributed by atoms with van der Waals surface area (Å²) >= 11 is 0. The molecular formula is C27H38FN3O4S. The Bertz CT molecular complexity index is 1120. The number of carbonyl (C=O) groups is 2. The van der Waals surface area contributed by atoms with Crippen LogP contribution in [0.2, 0.25) is 0 Å². The van der Waals surface area contributed by atoms with E-state index in [1.165, 1.54) is 24.3 Å². The molecule has 198 valence electrons. The van der Waals surface area contributed by atoms with Gasteiger partial charge in [0.05, 0.1) is 11.9 Å². The van der Waals surface area contributed by atoms with Gasteiger partial charge in [0.15, 0.2) is 0 Å². The fourth-order valence-corrected chi connectivity index (χ4v) is 4.94. The number of aryl methyl sites for hydroxylation is 1. The zero-order chi connectivity index (χ0) is 26.9. The van der Waals surface area contributed by atoms with Gasteiger partial charge < -0.3 is 10.2 Å². The quantitative estimate of drug-likeness (QED) is 0.425. The van der Waals surface area contributed by atoms with Crippen LogP contribution in [0.5, 0.6) is 0 Å². The van der Waals surface area contributed by atoms with Gasteiger partial charge in [0.1, 0.15) is 11.9 Å². The van der Waals surface area contributed by atoms with Crippen LogP contribution in [0.15, 0.2) is 48.5 Å². The molecule has 9 heteroatoms. The summed E-state index contributed by atoms with van der Waals surface area (Å²) in [4.78, 5) is 28.1. The predicted molar refractivity (Wildman–Crippen MR) is 142 cm³/mol. The number of amides is 2. The van der Waals surface area contributed by atoms with Crippen molar-refractivity contribution in [3.8, 4) is 0 Å². The SMILES string of the molecule is CC[C@H](C(=O)N[C@@H](C)CC)N(Cc1cccc(C)c1)C(=O)CCCN(c1ccc(F)cc1)S(C)(=O)=O. The molecule has 0 fully saturated rings. The van der Waals surface area contributed by atoms with E-state index in [0.29, 0.717) is 12.1 Å². The highest BCUT2D eigenvalue weighted by Gasteiger charge is 2.29. The molecular weight excluding hydrogens is 481 g/mol. The van der Waals surface area contributed by atoms with Gasteiger partial charge in [0, 0.05) is 25.6 Å². The molecule has 0 aliphatic rings. The maximum Gasteiger partial charge on any atom is 0.243 e. The molecule has 0 aliphatic carbocycles. The van der Waals surface area contributed by atoms with Crippen molar-refractivity contribution in [2.75, 3.05) is 17.1 Å². The van der Waals surface area contributed by atoms with Crippen LogP contribution >= 0.6 is 0 Å². The highest BCUT2D eigenvalue weighted by molar-refractivity contribution is 7.92. The van der Waals surface area contributed by atoms with E-state index in [1.54, 1.807) is 4.90 Å². The molecule has 2 rings (SSSR count). The number of hydrogen-bond donors (Lipinski definition) is 1. The minimum Gasteiger partial charge on any atom is -0.352 e. The average molecular weight is 520 g/mol. The first kappa shape index (κ1) is 29.3. The van der Waals surface area contributed by atoms with Gasteiger partial charge in [-0.15, -0.1) is 0 Å². The van der Waals surface area contributed by atoms with Gasteiger partial charge in [-0.05, 0) is 62.9 Å². The van der Waals surface area contributed by atoms with Crippen molar-refractivity contribution in [1.29, 1.82) is 0 Å². The molecule has 0 heterocycles. The van der Waals surface area contributed by atoms with Crippen molar-refractivity contribution in [3.05, 3.63) is 65.5 Å². The summed E-state index contributed by atoms with van der Waals surface area (Å²) in [5, 5.41) is 2.98. The number of anilines is 1. The number of carbonyl (C=O) groups excluding carboxylic acids is 2. The summed E-state index contributed by atoms with van der Waals surface area (Å²) in [6.45, 7) is 8.09. The number of halogens is 1. The Morgan fingerprint density at radius 1 is 1.06 bits per heavy atom. The minimum atomic E-state index is -3.63. The van der Waals surface area contributed by atoms with Crippen molar-refractivity contribution in [2.24, 2.45) is 0 Å². The van der Waals surface area contributed by atoms with Gasteiger partial charge in [0.25, 0.3) is 0 Å². The van der Waals surface area contributed by atoms with Crippen LogP contribution in [-0.2, 0) is 26.2 Å². The third-order valence-electron chi connectivity index (χ3n) is 6.09. The lowest BCUT2D eigenvalue weighted by Gasteiger charge is -2.32. The van der Waals surface area contributed by atoms with E-state index in [2.05, 4.69) is 5.32 Å². The molecule has 0 saturated heterocycles. The molecule has 1 N–H and O–H groups in total. The first-order valence-electron chi connectivity index (χ1n) is 12.3. The summed E-state index contributed by atoms with van der Waals surface area (Å²) in [5.74, 6) is -0.886. The van der Waals surface area contributed by atoms with Crippen molar-refractivity contribution >= 4 is 27.5 Å². The molecule has 0 saturated carbocycles. The molecule has 0 unspecified atom stereocenters. The van der Waals surface area contributed by atoms with Crippen LogP contribution in [0, 0.1) is 12.7 Å². The number of rotatable bonds is 13. The van der Waals surface area contributed by atoms with E-state index in [0.717, 1.165) is 28.1 Å². The Balaban J connectivity index is 2.22. The Hall–Kier alpha value is -2.94. The highest BCUT2D eigenvalue weighted by Crippen LogP contribution is 2.20. The molecule has 7 nitrogen and oxygen atoms in total. The summed E-state index contributed by atoms with van der Waals surface area (Å²) in [6, 6.07) is 12.3. The van der Waals surface area contributed by atoms with Crippen LogP contribution < -0.4 is 9.62 Å². The Morgan fingerprint density at radius 2 is 1.72 bits per heavy atom. The van der Waals surface area contributed by atoms with Crippen LogP contribution in [0.1, 0.15) is 57.6 Å². The van der Waals surface area contributed by atoms with E-state index in [1.807, 2.05) is 52.0 Å². The smallest absolute Gasteiger partial charge is 0.243 e. The molecule has 0 radical (unpaired) electrons. The Labute approximate surface area is 214 Å². The molecule has 2 aromatic rings.